The third kappa shape index (κ3) is 4.04. The fourth-order valence-electron chi connectivity index (χ4n) is 3.26. The molecule has 0 saturated carbocycles. The predicted molar refractivity (Wildman–Crippen MR) is 93.7 cm³/mol. The number of benzene rings is 1. The number of likely N-dealkylation sites (tertiary alicyclic amines) is 1. The van der Waals surface area contributed by atoms with Crippen LogP contribution in [0.25, 0.3) is 0 Å². The molecule has 0 unspecified atom stereocenters. The van der Waals surface area contributed by atoms with Gasteiger partial charge in [-0.05, 0) is 25.0 Å². The summed E-state index contributed by atoms with van der Waals surface area (Å²) in [6.07, 6.45) is 3.40. The molecule has 0 aliphatic carbocycles. The summed E-state index contributed by atoms with van der Waals surface area (Å²) in [5.74, 6) is -0.881. The number of amides is 2. The standard InChI is InChI=1S/C18H20FN3O2S/c1-12(23)21-16(17-20-8-10-25-17)13-5-4-9-22(11-13)18(24)14-6-2-3-7-15(14)19/h2-3,6-8,10,13,16H,4-5,9,11H2,1H3,(H,21,23)/t13-,16+/m1/s1. The second-order valence-corrected chi connectivity index (χ2v) is 7.11. The fourth-order valence-corrected chi connectivity index (χ4v) is 4.04. The molecular formula is C18H20FN3O2S. The number of thiazole rings is 1. The summed E-state index contributed by atoms with van der Waals surface area (Å²) >= 11 is 1.49. The van der Waals surface area contributed by atoms with Gasteiger partial charge in [-0.1, -0.05) is 12.1 Å². The number of piperidine rings is 1. The number of hydrogen-bond acceptors (Lipinski definition) is 4. The Hall–Kier alpha value is -2.28. The molecule has 0 radical (unpaired) electrons. The van der Waals surface area contributed by atoms with Crippen LogP contribution in [0.15, 0.2) is 35.8 Å². The summed E-state index contributed by atoms with van der Waals surface area (Å²) in [4.78, 5) is 30.3. The quantitative estimate of drug-likeness (QED) is 0.911. The summed E-state index contributed by atoms with van der Waals surface area (Å²) < 4.78 is 13.9. The lowest BCUT2D eigenvalue weighted by Gasteiger charge is -2.36. The van der Waals surface area contributed by atoms with Crippen molar-refractivity contribution in [3.63, 3.8) is 0 Å². The lowest BCUT2D eigenvalue weighted by Crippen LogP contribution is -2.45. The number of rotatable bonds is 4. The first-order valence-corrected chi connectivity index (χ1v) is 9.14. The highest BCUT2D eigenvalue weighted by atomic mass is 32.1. The summed E-state index contributed by atoms with van der Waals surface area (Å²) in [5, 5.41) is 5.66. The number of hydrogen-bond donors (Lipinski definition) is 1. The van der Waals surface area contributed by atoms with Crippen LogP contribution in [-0.4, -0.2) is 34.8 Å². The summed E-state index contributed by atoms with van der Waals surface area (Å²) in [5.41, 5.74) is 0.0912. The molecule has 5 nitrogen and oxygen atoms in total. The molecule has 132 valence electrons. The molecule has 1 aromatic carbocycles. The van der Waals surface area contributed by atoms with Gasteiger partial charge < -0.3 is 10.2 Å². The van der Waals surface area contributed by atoms with Crippen LogP contribution in [0.5, 0.6) is 0 Å². The first-order chi connectivity index (χ1) is 12.1. The Balaban J connectivity index is 1.78. The van der Waals surface area contributed by atoms with Gasteiger partial charge >= 0.3 is 0 Å². The van der Waals surface area contributed by atoms with E-state index in [0.717, 1.165) is 17.8 Å². The minimum Gasteiger partial charge on any atom is -0.347 e. The van der Waals surface area contributed by atoms with Gasteiger partial charge in [0.1, 0.15) is 10.8 Å². The van der Waals surface area contributed by atoms with Gasteiger partial charge in [0.05, 0.1) is 11.6 Å². The van der Waals surface area contributed by atoms with Crippen LogP contribution in [0, 0.1) is 11.7 Å². The molecule has 1 aromatic heterocycles. The van der Waals surface area contributed by atoms with Crippen LogP contribution in [0.4, 0.5) is 4.39 Å². The van der Waals surface area contributed by atoms with E-state index in [9.17, 15) is 14.0 Å². The normalized spacial score (nSPS) is 18.6. The van der Waals surface area contributed by atoms with E-state index in [0.29, 0.717) is 13.1 Å². The average Bonchev–Trinajstić information content (AvgIpc) is 3.14. The number of halogens is 1. The molecule has 2 aromatic rings. The number of carbonyl (C=O) groups is 2. The van der Waals surface area contributed by atoms with Gasteiger partial charge in [0.25, 0.3) is 5.91 Å². The van der Waals surface area contributed by atoms with Gasteiger partial charge in [-0.15, -0.1) is 11.3 Å². The molecule has 0 bridgehead atoms. The molecule has 1 aliphatic heterocycles. The zero-order valence-corrected chi connectivity index (χ0v) is 14.8. The first-order valence-electron chi connectivity index (χ1n) is 8.26. The van der Waals surface area contributed by atoms with Gasteiger partial charge in [-0.25, -0.2) is 9.37 Å². The van der Waals surface area contributed by atoms with Crippen LogP contribution >= 0.6 is 11.3 Å². The van der Waals surface area contributed by atoms with Crippen molar-refractivity contribution < 1.29 is 14.0 Å². The van der Waals surface area contributed by atoms with E-state index in [1.165, 1.54) is 30.4 Å². The maximum atomic E-state index is 13.9. The minimum absolute atomic E-state index is 0.0551. The molecule has 1 fully saturated rings. The van der Waals surface area contributed by atoms with Gasteiger partial charge in [0.15, 0.2) is 0 Å². The molecule has 7 heteroatoms. The molecule has 1 aliphatic rings. The Kier molecular flexibility index (Phi) is 5.43. The van der Waals surface area contributed by atoms with Crippen molar-refractivity contribution in [2.45, 2.75) is 25.8 Å². The van der Waals surface area contributed by atoms with E-state index in [2.05, 4.69) is 10.3 Å². The van der Waals surface area contributed by atoms with E-state index in [-0.39, 0.29) is 29.3 Å². The van der Waals surface area contributed by atoms with Crippen LogP contribution in [0.2, 0.25) is 0 Å². The molecule has 25 heavy (non-hydrogen) atoms. The Morgan fingerprint density at radius 2 is 2.20 bits per heavy atom. The maximum absolute atomic E-state index is 13.9. The summed E-state index contributed by atoms with van der Waals surface area (Å²) in [6.45, 7) is 2.54. The van der Waals surface area contributed by atoms with Gasteiger partial charge in [0.2, 0.25) is 5.91 Å². The van der Waals surface area contributed by atoms with E-state index < -0.39 is 5.82 Å². The zero-order chi connectivity index (χ0) is 17.8. The van der Waals surface area contributed by atoms with E-state index in [4.69, 9.17) is 0 Å². The van der Waals surface area contributed by atoms with Crippen molar-refractivity contribution in [2.24, 2.45) is 5.92 Å². The monoisotopic (exact) mass is 361 g/mol. The van der Waals surface area contributed by atoms with Crippen molar-refractivity contribution in [1.82, 2.24) is 15.2 Å². The highest BCUT2D eigenvalue weighted by molar-refractivity contribution is 7.09. The van der Waals surface area contributed by atoms with Crippen molar-refractivity contribution in [1.29, 1.82) is 0 Å². The minimum atomic E-state index is -0.507. The Morgan fingerprint density at radius 3 is 2.88 bits per heavy atom. The molecule has 2 heterocycles. The second kappa shape index (κ2) is 7.74. The molecule has 3 rings (SSSR count). The van der Waals surface area contributed by atoms with E-state index >= 15 is 0 Å². The van der Waals surface area contributed by atoms with Crippen molar-refractivity contribution in [3.8, 4) is 0 Å². The summed E-state index contributed by atoms with van der Waals surface area (Å²) in [6, 6.07) is 5.81. The number of nitrogens with one attached hydrogen (secondary N) is 1. The van der Waals surface area contributed by atoms with Gasteiger partial charge in [0, 0.05) is 37.5 Å². The lowest BCUT2D eigenvalue weighted by molar-refractivity contribution is -0.120. The first kappa shape index (κ1) is 17.5. The Morgan fingerprint density at radius 1 is 1.40 bits per heavy atom. The molecule has 2 atom stereocenters. The highest BCUT2D eigenvalue weighted by Gasteiger charge is 2.33. The topological polar surface area (TPSA) is 62.3 Å². The third-order valence-corrected chi connectivity index (χ3v) is 5.26. The zero-order valence-electron chi connectivity index (χ0n) is 13.9. The largest absolute Gasteiger partial charge is 0.347 e. The Labute approximate surface area is 149 Å². The van der Waals surface area contributed by atoms with Crippen LogP contribution in [0.3, 0.4) is 0 Å². The average molecular weight is 361 g/mol. The number of carbonyl (C=O) groups excluding carboxylic acids is 2. The molecule has 2 amide bonds. The smallest absolute Gasteiger partial charge is 0.256 e. The Bertz CT molecular complexity index is 751. The van der Waals surface area contributed by atoms with E-state index in [1.54, 1.807) is 23.2 Å². The number of nitrogens with zero attached hydrogens (tertiary/aromatic N) is 2. The molecular weight excluding hydrogens is 341 g/mol. The third-order valence-electron chi connectivity index (χ3n) is 4.40. The van der Waals surface area contributed by atoms with Crippen LogP contribution < -0.4 is 5.32 Å². The van der Waals surface area contributed by atoms with Gasteiger partial charge in [-0.3, -0.25) is 9.59 Å². The van der Waals surface area contributed by atoms with Crippen molar-refractivity contribution >= 4 is 23.2 Å². The van der Waals surface area contributed by atoms with Crippen LogP contribution in [0.1, 0.15) is 41.2 Å². The predicted octanol–water partition coefficient (Wildman–Crippen LogP) is 3.01. The van der Waals surface area contributed by atoms with Crippen LogP contribution in [-0.2, 0) is 4.79 Å². The SMILES string of the molecule is CC(=O)N[C@H](c1nccs1)[C@@H]1CCCN(C(=O)c2ccccc2F)C1. The fraction of sp³-hybridized carbons (Fsp3) is 0.389. The lowest BCUT2D eigenvalue weighted by atomic mass is 9.90. The second-order valence-electron chi connectivity index (χ2n) is 6.18. The highest BCUT2D eigenvalue weighted by Crippen LogP contribution is 2.31. The molecule has 1 N–H and O–H groups in total. The number of aromatic nitrogens is 1. The van der Waals surface area contributed by atoms with E-state index in [1.807, 2.05) is 5.38 Å². The molecule has 1 saturated heterocycles. The van der Waals surface area contributed by atoms with Gasteiger partial charge in [-0.2, -0.15) is 0 Å². The van der Waals surface area contributed by atoms with Crippen molar-refractivity contribution in [2.75, 3.05) is 13.1 Å². The molecule has 0 spiro atoms. The van der Waals surface area contributed by atoms with Crippen molar-refractivity contribution in [3.05, 3.63) is 52.2 Å². The maximum Gasteiger partial charge on any atom is 0.256 e. The summed E-state index contributed by atoms with van der Waals surface area (Å²) in [7, 11) is 0.